The first kappa shape index (κ1) is 21.8. The molecule has 0 radical (unpaired) electrons. The number of nitrogens with one attached hydrogen (secondary N) is 2. The van der Waals surface area contributed by atoms with Crippen molar-refractivity contribution in [3.63, 3.8) is 0 Å². The summed E-state index contributed by atoms with van der Waals surface area (Å²) in [6, 6.07) is 11.9. The standard InChI is InChI=1S/C21H26Br2N2O2/c1-4-8-27-21-18(22)10-15(11-19(21)23)13-24-16-6-5-7-17(12-16)25-20(26)9-14(2)3/h5-7,10-12,14,24H,4,8-9,13H2,1-3H3,(H,25,26). The predicted molar refractivity (Wildman–Crippen MR) is 119 cm³/mol. The number of ether oxygens (including phenoxy) is 1. The maximum Gasteiger partial charge on any atom is 0.224 e. The molecule has 0 fully saturated rings. The van der Waals surface area contributed by atoms with Gasteiger partial charge in [0.15, 0.2) is 0 Å². The summed E-state index contributed by atoms with van der Waals surface area (Å²) >= 11 is 7.16. The fraction of sp³-hybridized carbons (Fsp3) is 0.381. The SMILES string of the molecule is CCCOc1c(Br)cc(CNc2cccc(NC(=O)CC(C)C)c2)cc1Br. The maximum atomic E-state index is 11.9. The van der Waals surface area contributed by atoms with E-state index in [1.165, 1.54) is 0 Å². The molecule has 2 N–H and O–H groups in total. The number of hydrogen-bond donors (Lipinski definition) is 2. The third kappa shape index (κ3) is 7.18. The van der Waals surface area contributed by atoms with Crippen LogP contribution in [0.25, 0.3) is 0 Å². The summed E-state index contributed by atoms with van der Waals surface area (Å²) < 4.78 is 7.62. The summed E-state index contributed by atoms with van der Waals surface area (Å²) in [7, 11) is 0. The van der Waals surface area contributed by atoms with Crippen molar-refractivity contribution in [1.82, 2.24) is 0 Å². The number of benzene rings is 2. The summed E-state index contributed by atoms with van der Waals surface area (Å²) in [6.45, 7) is 7.50. The third-order valence-corrected chi connectivity index (χ3v) is 4.92. The number of carbonyl (C=O) groups is 1. The van der Waals surface area contributed by atoms with E-state index < -0.39 is 0 Å². The lowest BCUT2D eigenvalue weighted by molar-refractivity contribution is -0.116. The van der Waals surface area contributed by atoms with Crippen molar-refractivity contribution in [2.24, 2.45) is 5.92 Å². The number of hydrogen-bond acceptors (Lipinski definition) is 3. The molecule has 2 aromatic rings. The highest BCUT2D eigenvalue weighted by molar-refractivity contribution is 9.11. The zero-order valence-electron chi connectivity index (χ0n) is 15.9. The van der Waals surface area contributed by atoms with Crippen LogP contribution in [0.3, 0.4) is 0 Å². The van der Waals surface area contributed by atoms with Gasteiger partial charge in [-0.05, 0) is 80.1 Å². The molecule has 0 aliphatic carbocycles. The zero-order valence-corrected chi connectivity index (χ0v) is 19.1. The number of rotatable bonds is 9. The Morgan fingerprint density at radius 1 is 1.11 bits per heavy atom. The van der Waals surface area contributed by atoms with Crippen LogP contribution in [0.4, 0.5) is 11.4 Å². The molecule has 2 aromatic carbocycles. The molecule has 2 rings (SSSR count). The van der Waals surface area contributed by atoms with E-state index in [1.807, 2.05) is 38.1 Å². The first-order valence-electron chi connectivity index (χ1n) is 9.13. The molecule has 0 spiro atoms. The van der Waals surface area contributed by atoms with E-state index in [9.17, 15) is 4.79 Å². The third-order valence-electron chi connectivity index (χ3n) is 3.75. The smallest absolute Gasteiger partial charge is 0.224 e. The molecule has 1 amide bonds. The minimum atomic E-state index is 0.0395. The normalized spacial score (nSPS) is 10.7. The van der Waals surface area contributed by atoms with Crippen LogP contribution in [0.1, 0.15) is 39.2 Å². The topological polar surface area (TPSA) is 50.4 Å². The Morgan fingerprint density at radius 3 is 2.41 bits per heavy atom. The van der Waals surface area contributed by atoms with E-state index in [-0.39, 0.29) is 5.91 Å². The van der Waals surface area contributed by atoms with Gasteiger partial charge in [-0.1, -0.05) is 26.8 Å². The lowest BCUT2D eigenvalue weighted by Crippen LogP contribution is -2.13. The van der Waals surface area contributed by atoms with Crippen molar-refractivity contribution in [2.75, 3.05) is 17.2 Å². The molecule has 0 aliphatic heterocycles. The Bertz CT molecular complexity index is 756. The summed E-state index contributed by atoms with van der Waals surface area (Å²) in [4.78, 5) is 11.9. The van der Waals surface area contributed by atoms with Crippen LogP contribution in [-0.2, 0) is 11.3 Å². The average molecular weight is 498 g/mol. The van der Waals surface area contributed by atoms with Crippen LogP contribution in [-0.4, -0.2) is 12.5 Å². The Labute approximate surface area is 178 Å². The van der Waals surface area contributed by atoms with Crippen molar-refractivity contribution < 1.29 is 9.53 Å². The molecule has 0 atom stereocenters. The first-order valence-corrected chi connectivity index (χ1v) is 10.7. The lowest BCUT2D eigenvalue weighted by Gasteiger charge is -2.13. The van der Waals surface area contributed by atoms with E-state index in [2.05, 4.69) is 61.5 Å². The summed E-state index contributed by atoms with van der Waals surface area (Å²) in [5.41, 5.74) is 2.87. The van der Waals surface area contributed by atoms with Gasteiger partial charge in [-0.25, -0.2) is 0 Å². The van der Waals surface area contributed by atoms with Crippen molar-refractivity contribution in [2.45, 2.75) is 40.2 Å². The van der Waals surface area contributed by atoms with Crippen LogP contribution in [0.5, 0.6) is 5.75 Å². The maximum absolute atomic E-state index is 11.9. The molecular formula is C21H26Br2N2O2. The van der Waals surface area contributed by atoms with Gasteiger partial charge in [-0.15, -0.1) is 0 Å². The van der Waals surface area contributed by atoms with Crippen LogP contribution in [0, 0.1) is 5.92 Å². The molecule has 0 aliphatic rings. The number of amides is 1. The van der Waals surface area contributed by atoms with Gasteiger partial charge in [0.05, 0.1) is 15.6 Å². The molecule has 0 saturated heterocycles. The average Bonchev–Trinajstić information content (AvgIpc) is 2.59. The Morgan fingerprint density at radius 2 is 1.78 bits per heavy atom. The van der Waals surface area contributed by atoms with Gasteiger partial charge in [0.25, 0.3) is 0 Å². The highest BCUT2D eigenvalue weighted by Gasteiger charge is 2.09. The summed E-state index contributed by atoms with van der Waals surface area (Å²) in [5.74, 6) is 1.21. The van der Waals surface area contributed by atoms with Crippen LogP contribution in [0.2, 0.25) is 0 Å². The second-order valence-electron chi connectivity index (χ2n) is 6.82. The van der Waals surface area contributed by atoms with Crippen LogP contribution < -0.4 is 15.4 Å². The molecule has 0 bridgehead atoms. The van der Waals surface area contributed by atoms with Crippen molar-refractivity contribution in [1.29, 1.82) is 0 Å². The van der Waals surface area contributed by atoms with Gasteiger partial charge in [0.2, 0.25) is 5.91 Å². The molecule has 27 heavy (non-hydrogen) atoms. The van der Waals surface area contributed by atoms with E-state index in [0.717, 1.165) is 38.1 Å². The Hall–Kier alpha value is -1.53. The highest BCUT2D eigenvalue weighted by atomic mass is 79.9. The molecular weight excluding hydrogens is 472 g/mol. The van der Waals surface area contributed by atoms with Gasteiger partial charge in [-0.3, -0.25) is 4.79 Å². The van der Waals surface area contributed by atoms with Crippen LogP contribution >= 0.6 is 31.9 Å². The second-order valence-corrected chi connectivity index (χ2v) is 8.53. The van der Waals surface area contributed by atoms with Gasteiger partial charge < -0.3 is 15.4 Å². The Balaban J connectivity index is 2.00. The molecule has 0 unspecified atom stereocenters. The zero-order chi connectivity index (χ0) is 19.8. The van der Waals surface area contributed by atoms with Crippen LogP contribution in [0.15, 0.2) is 45.3 Å². The number of carbonyl (C=O) groups excluding carboxylic acids is 1. The molecule has 0 saturated carbocycles. The van der Waals surface area contributed by atoms with E-state index in [1.54, 1.807) is 0 Å². The number of anilines is 2. The van der Waals surface area contributed by atoms with E-state index >= 15 is 0 Å². The van der Waals surface area contributed by atoms with Gasteiger partial charge in [-0.2, -0.15) is 0 Å². The predicted octanol–water partition coefficient (Wildman–Crippen LogP) is 6.60. The first-order chi connectivity index (χ1) is 12.9. The second kappa shape index (κ2) is 10.7. The minimum Gasteiger partial charge on any atom is -0.491 e. The lowest BCUT2D eigenvalue weighted by atomic mass is 10.1. The highest BCUT2D eigenvalue weighted by Crippen LogP contribution is 2.35. The van der Waals surface area contributed by atoms with E-state index in [4.69, 9.17) is 4.74 Å². The Kier molecular flexibility index (Phi) is 8.64. The fourth-order valence-corrected chi connectivity index (χ4v) is 4.06. The summed E-state index contributed by atoms with van der Waals surface area (Å²) in [6.07, 6.45) is 1.48. The quantitative estimate of drug-likeness (QED) is 0.410. The molecule has 6 heteroatoms. The summed E-state index contributed by atoms with van der Waals surface area (Å²) in [5, 5.41) is 6.35. The minimum absolute atomic E-state index is 0.0395. The van der Waals surface area contributed by atoms with Crippen molar-refractivity contribution >= 4 is 49.1 Å². The fourth-order valence-electron chi connectivity index (χ4n) is 2.55. The van der Waals surface area contributed by atoms with E-state index in [0.29, 0.717) is 25.5 Å². The van der Waals surface area contributed by atoms with Crippen molar-refractivity contribution in [3.05, 3.63) is 50.9 Å². The van der Waals surface area contributed by atoms with Gasteiger partial charge in [0, 0.05) is 24.3 Å². The molecule has 146 valence electrons. The van der Waals surface area contributed by atoms with Crippen molar-refractivity contribution in [3.8, 4) is 5.75 Å². The molecule has 0 heterocycles. The molecule has 0 aromatic heterocycles. The van der Waals surface area contributed by atoms with Gasteiger partial charge in [0.1, 0.15) is 5.75 Å². The molecule has 4 nitrogen and oxygen atoms in total. The van der Waals surface area contributed by atoms with Gasteiger partial charge >= 0.3 is 0 Å². The number of halogens is 2. The monoisotopic (exact) mass is 496 g/mol. The largest absolute Gasteiger partial charge is 0.491 e.